The molecule has 2 rings (SSSR count). The van der Waals surface area contributed by atoms with Crippen molar-refractivity contribution >= 4 is 17.7 Å². The molecular formula is C15H19NO5. The third-order valence-corrected chi connectivity index (χ3v) is 2.95. The summed E-state index contributed by atoms with van der Waals surface area (Å²) in [5, 5.41) is 9.04. The Labute approximate surface area is 123 Å². The van der Waals surface area contributed by atoms with E-state index < -0.39 is 17.7 Å². The number of nitrogens with zero attached hydrogens (tertiary/aromatic N) is 1. The highest BCUT2D eigenvalue weighted by Gasteiger charge is 2.27. The molecule has 1 N–H and O–H groups in total. The van der Waals surface area contributed by atoms with Crippen LogP contribution >= 0.6 is 0 Å². The molecule has 6 nitrogen and oxygen atoms in total. The summed E-state index contributed by atoms with van der Waals surface area (Å²) >= 11 is 0. The van der Waals surface area contributed by atoms with E-state index in [0.29, 0.717) is 24.4 Å². The van der Waals surface area contributed by atoms with Crippen molar-refractivity contribution < 1.29 is 24.2 Å². The van der Waals surface area contributed by atoms with Gasteiger partial charge in [0.15, 0.2) is 0 Å². The normalized spacial score (nSPS) is 15.1. The number of carbonyl (C=O) groups excluding carboxylic acids is 1. The van der Waals surface area contributed by atoms with Crippen LogP contribution in [0.3, 0.4) is 0 Å². The number of hydrogen-bond acceptors (Lipinski definition) is 4. The summed E-state index contributed by atoms with van der Waals surface area (Å²) in [4.78, 5) is 24.8. The minimum Gasteiger partial charge on any atom is -0.478 e. The van der Waals surface area contributed by atoms with Gasteiger partial charge in [-0.3, -0.25) is 4.90 Å². The van der Waals surface area contributed by atoms with Crippen LogP contribution in [0.15, 0.2) is 18.2 Å². The first kappa shape index (κ1) is 15.3. The first-order chi connectivity index (χ1) is 9.78. The zero-order valence-electron chi connectivity index (χ0n) is 12.4. The summed E-state index contributed by atoms with van der Waals surface area (Å²) in [6.45, 7) is 6.41. The fourth-order valence-corrected chi connectivity index (χ4v) is 2.06. The Balaban J connectivity index is 2.34. The van der Waals surface area contributed by atoms with Crippen LogP contribution in [-0.4, -0.2) is 35.9 Å². The SMILES string of the molecule is CC(C)(C)OC(=O)N1CCOCc2cc(C(=O)O)ccc21. The first-order valence-corrected chi connectivity index (χ1v) is 6.72. The number of amides is 1. The molecule has 1 amide bonds. The van der Waals surface area contributed by atoms with Gasteiger partial charge >= 0.3 is 12.1 Å². The van der Waals surface area contributed by atoms with Crippen LogP contribution in [0.2, 0.25) is 0 Å². The van der Waals surface area contributed by atoms with Crippen LogP contribution in [0, 0.1) is 0 Å². The summed E-state index contributed by atoms with van der Waals surface area (Å²) in [7, 11) is 0. The molecular weight excluding hydrogens is 274 g/mol. The quantitative estimate of drug-likeness (QED) is 0.861. The van der Waals surface area contributed by atoms with Gasteiger partial charge in [0.2, 0.25) is 0 Å². The monoisotopic (exact) mass is 293 g/mol. The molecule has 0 atom stereocenters. The first-order valence-electron chi connectivity index (χ1n) is 6.72. The number of hydrogen-bond donors (Lipinski definition) is 1. The number of carboxylic acids is 1. The highest BCUT2D eigenvalue weighted by Crippen LogP contribution is 2.27. The molecule has 1 heterocycles. The van der Waals surface area contributed by atoms with Crippen molar-refractivity contribution in [2.45, 2.75) is 33.0 Å². The Morgan fingerprint density at radius 2 is 2.05 bits per heavy atom. The zero-order chi connectivity index (χ0) is 15.6. The molecule has 114 valence electrons. The van der Waals surface area contributed by atoms with E-state index in [2.05, 4.69) is 0 Å². The lowest BCUT2D eigenvalue weighted by Gasteiger charge is -2.27. The summed E-state index contributed by atoms with van der Waals surface area (Å²) in [6, 6.07) is 4.63. The standard InChI is InChI=1S/C15H19NO5/c1-15(2,3)21-14(19)16-6-7-20-9-11-8-10(13(17)18)4-5-12(11)16/h4-5,8H,6-7,9H2,1-3H3,(H,17,18). The van der Waals surface area contributed by atoms with E-state index in [4.69, 9.17) is 14.6 Å². The lowest BCUT2D eigenvalue weighted by molar-refractivity contribution is 0.0565. The number of fused-ring (bicyclic) bond motifs is 1. The molecule has 1 aromatic carbocycles. The Kier molecular flexibility index (Phi) is 4.18. The predicted octanol–water partition coefficient (Wildman–Crippen LogP) is 2.66. The number of aromatic carboxylic acids is 1. The molecule has 21 heavy (non-hydrogen) atoms. The lowest BCUT2D eigenvalue weighted by atomic mass is 10.1. The number of carbonyl (C=O) groups is 2. The highest BCUT2D eigenvalue weighted by atomic mass is 16.6. The fourth-order valence-electron chi connectivity index (χ4n) is 2.06. The van der Waals surface area contributed by atoms with Crippen LogP contribution in [0.5, 0.6) is 0 Å². The van der Waals surface area contributed by atoms with Gasteiger partial charge in [-0.25, -0.2) is 9.59 Å². The number of rotatable bonds is 1. The van der Waals surface area contributed by atoms with Gasteiger partial charge < -0.3 is 14.6 Å². The number of benzene rings is 1. The van der Waals surface area contributed by atoms with Crippen molar-refractivity contribution in [2.75, 3.05) is 18.1 Å². The van der Waals surface area contributed by atoms with Crippen molar-refractivity contribution in [2.24, 2.45) is 0 Å². The minimum absolute atomic E-state index is 0.170. The molecule has 0 radical (unpaired) electrons. The Hall–Kier alpha value is -2.08. The smallest absolute Gasteiger partial charge is 0.414 e. The molecule has 0 saturated carbocycles. The average molecular weight is 293 g/mol. The van der Waals surface area contributed by atoms with Gasteiger partial charge in [0, 0.05) is 5.56 Å². The molecule has 0 aliphatic carbocycles. The van der Waals surface area contributed by atoms with Gasteiger partial charge in [0.25, 0.3) is 0 Å². The maximum Gasteiger partial charge on any atom is 0.414 e. The van der Waals surface area contributed by atoms with Gasteiger partial charge in [0.1, 0.15) is 5.60 Å². The minimum atomic E-state index is -1.01. The van der Waals surface area contributed by atoms with E-state index in [1.54, 1.807) is 26.8 Å². The summed E-state index contributed by atoms with van der Waals surface area (Å²) in [5.41, 5.74) is 0.874. The van der Waals surface area contributed by atoms with Crippen LogP contribution < -0.4 is 4.90 Å². The molecule has 1 aliphatic rings. The second-order valence-corrected chi connectivity index (χ2v) is 5.83. The third-order valence-electron chi connectivity index (χ3n) is 2.95. The lowest BCUT2D eigenvalue weighted by Crippen LogP contribution is -2.38. The number of anilines is 1. The molecule has 0 spiro atoms. The van der Waals surface area contributed by atoms with Gasteiger partial charge in [0.05, 0.1) is 31.0 Å². The van der Waals surface area contributed by atoms with Gasteiger partial charge in [-0.05, 0) is 39.0 Å². The molecule has 0 bridgehead atoms. The molecule has 1 aliphatic heterocycles. The third kappa shape index (κ3) is 3.72. The van der Waals surface area contributed by atoms with E-state index in [1.807, 2.05) is 0 Å². The van der Waals surface area contributed by atoms with Crippen LogP contribution in [0.4, 0.5) is 10.5 Å². The topological polar surface area (TPSA) is 76.1 Å². The Bertz CT molecular complexity index is 562. The largest absolute Gasteiger partial charge is 0.478 e. The second-order valence-electron chi connectivity index (χ2n) is 5.83. The molecule has 6 heteroatoms. The summed E-state index contributed by atoms with van der Waals surface area (Å²) < 4.78 is 10.8. The van der Waals surface area contributed by atoms with Crippen molar-refractivity contribution in [3.8, 4) is 0 Å². The molecule has 1 aromatic rings. The Morgan fingerprint density at radius 1 is 1.33 bits per heavy atom. The predicted molar refractivity (Wildman–Crippen MR) is 76.6 cm³/mol. The highest BCUT2D eigenvalue weighted by molar-refractivity contribution is 5.92. The maximum absolute atomic E-state index is 12.3. The molecule has 0 aromatic heterocycles. The van der Waals surface area contributed by atoms with Crippen molar-refractivity contribution in [1.82, 2.24) is 0 Å². The summed E-state index contributed by atoms with van der Waals surface area (Å²) in [6.07, 6.45) is -0.461. The van der Waals surface area contributed by atoms with E-state index in [9.17, 15) is 9.59 Å². The molecule has 0 saturated heterocycles. The van der Waals surface area contributed by atoms with Crippen LogP contribution in [-0.2, 0) is 16.1 Å². The van der Waals surface area contributed by atoms with Crippen molar-refractivity contribution in [3.05, 3.63) is 29.3 Å². The van der Waals surface area contributed by atoms with Gasteiger partial charge in [-0.15, -0.1) is 0 Å². The van der Waals surface area contributed by atoms with Gasteiger partial charge in [-0.2, -0.15) is 0 Å². The second kappa shape index (κ2) is 5.73. The fraction of sp³-hybridized carbons (Fsp3) is 0.467. The average Bonchev–Trinajstić information content (AvgIpc) is 2.57. The van der Waals surface area contributed by atoms with E-state index >= 15 is 0 Å². The maximum atomic E-state index is 12.3. The summed E-state index contributed by atoms with van der Waals surface area (Å²) in [5.74, 6) is -1.01. The van der Waals surface area contributed by atoms with E-state index in [-0.39, 0.29) is 12.2 Å². The number of carboxylic acid groups (broad SMARTS) is 1. The Morgan fingerprint density at radius 3 is 2.67 bits per heavy atom. The van der Waals surface area contributed by atoms with Crippen molar-refractivity contribution in [3.63, 3.8) is 0 Å². The van der Waals surface area contributed by atoms with E-state index in [1.165, 1.54) is 17.0 Å². The van der Waals surface area contributed by atoms with Crippen LogP contribution in [0.25, 0.3) is 0 Å². The van der Waals surface area contributed by atoms with Gasteiger partial charge in [-0.1, -0.05) is 0 Å². The van der Waals surface area contributed by atoms with Crippen LogP contribution in [0.1, 0.15) is 36.7 Å². The number of ether oxygens (including phenoxy) is 2. The molecule has 0 unspecified atom stereocenters. The molecule has 0 fully saturated rings. The van der Waals surface area contributed by atoms with E-state index in [0.717, 1.165) is 0 Å². The van der Waals surface area contributed by atoms with Crippen molar-refractivity contribution in [1.29, 1.82) is 0 Å². The zero-order valence-corrected chi connectivity index (χ0v) is 12.4.